The largest absolute Gasteiger partial charge is 0.335 e. The van der Waals surface area contributed by atoms with Gasteiger partial charge in [0, 0.05) is 42.5 Å². The number of carbonyl (C=O) groups excluding carboxylic acids is 2. The average Bonchev–Trinajstić information content (AvgIpc) is 3.06. The minimum Gasteiger partial charge on any atom is -0.335 e. The van der Waals surface area contributed by atoms with Crippen molar-refractivity contribution < 1.29 is 9.59 Å². The Labute approximate surface area is 165 Å². The number of amides is 3. The first-order valence-electron chi connectivity index (χ1n) is 8.82. The summed E-state index contributed by atoms with van der Waals surface area (Å²) in [6, 6.07) is 11.8. The molecule has 2 heterocycles. The number of hydrogen-bond donors (Lipinski definition) is 3. The van der Waals surface area contributed by atoms with E-state index in [2.05, 4.69) is 15.3 Å². The van der Waals surface area contributed by atoms with E-state index in [1.54, 1.807) is 52.3 Å². The number of nitrogens with zero attached hydrogens (tertiary/aromatic N) is 2. The summed E-state index contributed by atoms with van der Waals surface area (Å²) in [5, 5.41) is 3.36. The highest BCUT2D eigenvalue weighted by Crippen LogP contribution is 2.17. The number of aromatic nitrogens is 2. The van der Waals surface area contributed by atoms with Crippen LogP contribution in [0.1, 0.15) is 10.4 Å². The third kappa shape index (κ3) is 3.72. The van der Waals surface area contributed by atoms with E-state index >= 15 is 0 Å². The van der Waals surface area contributed by atoms with E-state index < -0.39 is 0 Å². The number of urea groups is 1. The molecule has 2 aromatic carbocycles. The van der Waals surface area contributed by atoms with Gasteiger partial charge in [-0.1, -0.05) is 17.7 Å². The average molecular weight is 400 g/mol. The number of fused-ring (bicyclic) bond motifs is 1. The number of carbonyl (C=O) groups is 2. The van der Waals surface area contributed by atoms with Crippen LogP contribution in [0, 0.1) is 0 Å². The van der Waals surface area contributed by atoms with E-state index in [0.29, 0.717) is 53.5 Å². The van der Waals surface area contributed by atoms with Crippen LogP contribution in [0.2, 0.25) is 5.02 Å². The summed E-state index contributed by atoms with van der Waals surface area (Å²) in [5.74, 6) is -0.126. The molecule has 9 heteroatoms. The number of imidazole rings is 1. The lowest BCUT2D eigenvalue weighted by molar-refractivity contribution is 0.0672. The number of H-pyrrole nitrogens is 2. The summed E-state index contributed by atoms with van der Waals surface area (Å²) in [7, 11) is 0. The Balaban J connectivity index is 1.38. The number of piperazine rings is 1. The van der Waals surface area contributed by atoms with Crippen molar-refractivity contribution in [2.75, 3.05) is 31.5 Å². The van der Waals surface area contributed by atoms with Gasteiger partial charge in [0.1, 0.15) is 0 Å². The van der Waals surface area contributed by atoms with Gasteiger partial charge in [-0.15, -0.1) is 0 Å². The van der Waals surface area contributed by atoms with Crippen molar-refractivity contribution in [3.05, 3.63) is 63.5 Å². The molecule has 144 valence electrons. The summed E-state index contributed by atoms with van der Waals surface area (Å²) in [6.45, 7) is 1.73. The zero-order chi connectivity index (χ0) is 19.7. The Morgan fingerprint density at radius 3 is 2.39 bits per heavy atom. The molecular weight excluding hydrogens is 382 g/mol. The Morgan fingerprint density at radius 2 is 1.64 bits per heavy atom. The molecule has 8 nitrogen and oxygen atoms in total. The first kappa shape index (κ1) is 18.1. The fourth-order valence-corrected chi connectivity index (χ4v) is 3.42. The SMILES string of the molecule is O=C(Nc1cccc(Cl)c1)N1CCN(C(=O)c2ccc3[nH]c(=O)[nH]c3c2)CC1. The Hall–Kier alpha value is -3.26. The Morgan fingerprint density at radius 1 is 0.929 bits per heavy atom. The number of rotatable bonds is 2. The zero-order valence-corrected chi connectivity index (χ0v) is 15.6. The van der Waals surface area contributed by atoms with Crippen LogP contribution < -0.4 is 11.0 Å². The van der Waals surface area contributed by atoms with Crippen LogP contribution in [0.4, 0.5) is 10.5 Å². The van der Waals surface area contributed by atoms with Gasteiger partial charge in [0.25, 0.3) is 5.91 Å². The normalized spacial score (nSPS) is 14.3. The number of hydrogen-bond acceptors (Lipinski definition) is 3. The highest BCUT2D eigenvalue weighted by Gasteiger charge is 2.25. The summed E-state index contributed by atoms with van der Waals surface area (Å²) in [4.78, 5) is 45.2. The molecule has 3 amide bonds. The molecule has 28 heavy (non-hydrogen) atoms. The van der Waals surface area contributed by atoms with E-state index in [1.165, 1.54) is 0 Å². The van der Waals surface area contributed by atoms with Gasteiger partial charge < -0.3 is 25.1 Å². The second kappa shape index (κ2) is 7.40. The van der Waals surface area contributed by atoms with Gasteiger partial charge in [-0.05, 0) is 36.4 Å². The lowest BCUT2D eigenvalue weighted by atomic mass is 10.1. The summed E-state index contributed by atoms with van der Waals surface area (Å²) < 4.78 is 0. The molecule has 1 aliphatic heterocycles. The molecule has 1 aromatic heterocycles. The maximum absolute atomic E-state index is 12.7. The highest BCUT2D eigenvalue weighted by atomic mass is 35.5. The fourth-order valence-electron chi connectivity index (χ4n) is 3.23. The van der Waals surface area contributed by atoms with Crippen LogP contribution in [0.3, 0.4) is 0 Å². The van der Waals surface area contributed by atoms with Crippen molar-refractivity contribution in [1.29, 1.82) is 0 Å². The Bertz CT molecular complexity index is 1100. The molecule has 3 N–H and O–H groups in total. The quantitative estimate of drug-likeness (QED) is 0.617. The summed E-state index contributed by atoms with van der Waals surface area (Å²) in [5.41, 5.74) is 2.07. The van der Waals surface area contributed by atoms with Crippen molar-refractivity contribution in [3.8, 4) is 0 Å². The lowest BCUT2D eigenvalue weighted by Crippen LogP contribution is -2.51. The number of aromatic amines is 2. The molecular formula is C19H18ClN5O3. The molecule has 0 saturated carbocycles. The zero-order valence-electron chi connectivity index (χ0n) is 14.9. The standard InChI is InChI=1S/C19H18ClN5O3/c20-13-2-1-3-14(11-13)21-19(28)25-8-6-24(7-9-25)17(26)12-4-5-15-16(10-12)23-18(27)22-15/h1-5,10-11H,6-9H2,(H,21,28)(H2,22,23,27). The second-order valence-corrected chi connectivity index (χ2v) is 7.00. The van der Waals surface area contributed by atoms with E-state index in [-0.39, 0.29) is 17.6 Å². The van der Waals surface area contributed by atoms with Gasteiger partial charge in [0.2, 0.25) is 0 Å². The first-order valence-corrected chi connectivity index (χ1v) is 9.20. The summed E-state index contributed by atoms with van der Waals surface area (Å²) >= 11 is 5.93. The molecule has 0 radical (unpaired) electrons. The van der Waals surface area contributed by atoms with Gasteiger partial charge >= 0.3 is 11.7 Å². The molecule has 1 aliphatic rings. The van der Waals surface area contributed by atoms with Crippen LogP contribution in [-0.4, -0.2) is 57.9 Å². The van der Waals surface area contributed by atoms with Crippen molar-refractivity contribution in [1.82, 2.24) is 19.8 Å². The molecule has 0 spiro atoms. The van der Waals surface area contributed by atoms with E-state index in [4.69, 9.17) is 11.6 Å². The molecule has 0 aliphatic carbocycles. The first-order chi connectivity index (χ1) is 13.5. The number of nitrogens with one attached hydrogen (secondary N) is 3. The highest BCUT2D eigenvalue weighted by molar-refractivity contribution is 6.30. The third-order valence-corrected chi connectivity index (χ3v) is 4.93. The topological polar surface area (TPSA) is 101 Å². The van der Waals surface area contributed by atoms with Crippen molar-refractivity contribution in [2.45, 2.75) is 0 Å². The molecule has 1 saturated heterocycles. The van der Waals surface area contributed by atoms with Crippen LogP contribution in [0.5, 0.6) is 0 Å². The minimum atomic E-state index is -0.307. The monoisotopic (exact) mass is 399 g/mol. The molecule has 0 atom stereocenters. The van der Waals surface area contributed by atoms with Crippen LogP contribution >= 0.6 is 11.6 Å². The Kier molecular flexibility index (Phi) is 4.79. The van der Waals surface area contributed by atoms with Gasteiger partial charge in [-0.3, -0.25) is 4.79 Å². The number of benzene rings is 2. The predicted molar refractivity (Wildman–Crippen MR) is 107 cm³/mol. The smallest absolute Gasteiger partial charge is 0.323 e. The third-order valence-electron chi connectivity index (χ3n) is 4.69. The number of anilines is 1. The van der Waals surface area contributed by atoms with Crippen LogP contribution in [-0.2, 0) is 0 Å². The van der Waals surface area contributed by atoms with Crippen molar-refractivity contribution in [2.24, 2.45) is 0 Å². The minimum absolute atomic E-state index is 0.126. The molecule has 3 aromatic rings. The van der Waals surface area contributed by atoms with Crippen molar-refractivity contribution in [3.63, 3.8) is 0 Å². The van der Waals surface area contributed by atoms with E-state index in [1.807, 2.05) is 0 Å². The van der Waals surface area contributed by atoms with Gasteiger partial charge in [0.05, 0.1) is 11.0 Å². The van der Waals surface area contributed by atoms with Gasteiger partial charge in [0.15, 0.2) is 0 Å². The van der Waals surface area contributed by atoms with E-state index in [0.717, 1.165) is 0 Å². The van der Waals surface area contributed by atoms with E-state index in [9.17, 15) is 14.4 Å². The summed E-state index contributed by atoms with van der Waals surface area (Å²) in [6.07, 6.45) is 0. The fraction of sp³-hybridized carbons (Fsp3) is 0.211. The van der Waals surface area contributed by atoms with Gasteiger partial charge in [-0.2, -0.15) is 0 Å². The maximum Gasteiger partial charge on any atom is 0.323 e. The van der Waals surface area contributed by atoms with Crippen LogP contribution in [0.25, 0.3) is 11.0 Å². The molecule has 4 rings (SSSR count). The number of halogens is 1. The predicted octanol–water partition coefficient (Wildman–Crippen LogP) is 2.50. The van der Waals surface area contributed by atoms with Crippen molar-refractivity contribution >= 4 is 40.3 Å². The van der Waals surface area contributed by atoms with Crippen LogP contribution in [0.15, 0.2) is 47.3 Å². The van der Waals surface area contributed by atoms with Gasteiger partial charge in [-0.25, -0.2) is 9.59 Å². The molecule has 0 bridgehead atoms. The molecule has 0 unspecified atom stereocenters. The second-order valence-electron chi connectivity index (χ2n) is 6.56. The molecule has 1 fully saturated rings. The maximum atomic E-state index is 12.7. The lowest BCUT2D eigenvalue weighted by Gasteiger charge is -2.34.